The zero-order chi connectivity index (χ0) is 10.7. The van der Waals surface area contributed by atoms with Crippen LogP contribution in [0.15, 0.2) is 44.8 Å². The Morgan fingerprint density at radius 2 is 2.13 bits per heavy atom. The number of rotatable bonds is 3. The maximum atomic E-state index is 13.2. The average molecular weight is 238 g/mol. The SMILES string of the molecule is O=Cc1c(F)cccc1Sc1cccs1. The van der Waals surface area contributed by atoms with E-state index in [1.54, 1.807) is 23.5 Å². The molecule has 0 aliphatic heterocycles. The molecule has 0 aliphatic carbocycles. The third-order valence-electron chi connectivity index (χ3n) is 1.84. The van der Waals surface area contributed by atoms with Crippen LogP contribution >= 0.6 is 23.1 Å². The largest absolute Gasteiger partial charge is 0.298 e. The van der Waals surface area contributed by atoms with E-state index in [-0.39, 0.29) is 5.56 Å². The Morgan fingerprint density at radius 1 is 1.27 bits per heavy atom. The molecule has 76 valence electrons. The van der Waals surface area contributed by atoms with Crippen LogP contribution in [-0.2, 0) is 0 Å². The van der Waals surface area contributed by atoms with E-state index < -0.39 is 5.82 Å². The predicted octanol–water partition coefficient (Wildman–Crippen LogP) is 3.85. The van der Waals surface area contributed by atoms with E-state index in [1.807, 2.05) is 17.5 Å². The molecule has 0 N–H and O–H groups in total. The third kappa shape index (κ3) is 2.27. The Kier molecular flexibility index (Phi) is 3.18. The summed E-state index contributed by atoms with van der Waals surface area (Å²) in [6, 6.07) is 8.51. The van der Waals surface area contributed by atoms with Gasteiger partial charge < -0.3 is 0 Å². The Labute approximate surface area is 94.9 Å². The second-order valence-corrected chi connectivity index (χ2v) is 5.09. The fraction of sp³-hybridized carbons (Fsp3) is 0. The van der Waals surface area contributed by atoms with Crippen LogP contribution in [0, 0.1) is 5.82 Å². The van der Waals surface area contributed by atoms with Crippen molar-refractivity contribution in [3.05, 3.63) is 47.1 Å². The van der Waals surface area contributed by atoms with Crippen molar-refractivity contribution in [3.63, 3.8) is 0 Å². The van der Waals surface area contributed by atoms with Crippen LogP contribution in [0.1, 0.15) is 10.4 Å². The standard InChI is InChI=1S/C11H7FOS2/c12-9-3-1-4-10(8(9)7-13)15-11-5-2-6-14-11/h1-7H. The Bertz CT molecular complexity index is 465. The number of carbonyl (C=O) groups excluding carboxylic acids is 1. The second-order valence-electron chi connectivity index (χ2n) is 2.80. The first-order valence-electron chi connectivity index (χ1n) is 4.26. The molecular weight excluding hydrogens is 231 g/mol. The van der Waals surface area contributed by atoms with Gasteiger partial charge >= 0.3 is 0 Å². The lowest BCUT2D eigenvalue weighted by Gasteiger charge is -2.02. The zero-order valence-electron chi connectivity index (χ0n) is 7.64. The molecule has 0 bridgehead atoms. The zero-order valence-corrected chi connectivity index (χ0v) is 9.28. The molecule has 0 saturated carbocycles. The Balaban J connectivity index is 2.36. The lowest BCUT2D eigenvalue weighted by molar-refractivity contribution is 0.111. The van der Waals surface area contributed by atoms with Crippen LogP contribution < -0.4 is 0 Å². The van der Waals surface area contributed by atoms with Gasteiger partial charge in [-0.15, -0.1) is 11.3 Å². The lowest BCUT2D eigenvalue weighted by Crippen LogP contribution is -1.89. The topological polar surface area (TPSA) is 17.1 Å². The van der Waals surface area contributed by atoms with Gasteiger partial charge in [0.15, 0.2) is 6.29 Å². The van der Waals surface area contributed by atoms with Gasteiger partial charge in [0.1, 0.15) is 5.82 Å². The normalized spacial score (nSPS) is 10.2. The van der Waals surface area contributed by atoms with Crippen molar-refractivity contribution >= 4 is 29.4 Å². The van der Waals surface area contributed by atoms with E-state index >= 15 is 0 Å². The van der Waals surface area contributed by atoms with Gasteiger partial charge in [-0.2, -0.15) is 0 Å². The molecule has 0 spiro atoms. The van der Waals surface area contributed by atoms with Gasteiger partial charge in [0, 0.05) is 4.90 Å². The van der Waals surface area contributed by atoms with Crippen molar-refractivity contribution in [3.8, 4) is 0 Å². The quantitative estimate of drug-likeness (QED) is 0.755. The first-order valence-corrected chi connectivity index (χ1v) is 5.96. The van der Waals surface area contributed by atoms with E-state index in [9.17, 15) is 9.18 Å². The monoisotopic (exact) mass is 238 g/mol. The highest BCUT2D eigenvalue weighted by Gasteiger charge is 2.08. The molecule has 0 saturated heterocycles. The molecule has 4 heteroatoms. The first-order chi connectivity index (χ1) is 7.31. The summed E-state index contributed by atoms with van der Waals surface area (Å²) < 4.78 is 14.3. The molecule has 15 heavy (non-hydrogen) atoms. The van der Waals surface area contributed by atoms with E-state index in [0.717, 1.165) is 4.21 Å². The molecular formula is C11H7FOS2. The number of aldehydes is 1. The van der Waals surface area contributed by atoms with Crippen LogP contribution in [-0.4, -0.2) is 6.29 Å². The summed E-state index contributed by atoms with van der Waals surface area (Å²) in [6.07, 6.45) is 0.561. The summed E-state index contributed by atoms with van der Waals surface area (Å²) in [4.78, 5) is 11.4. The summed E-state index contributed by atoms with van der Waals surface area (Å²) in [6.45, 7) is 0. The van der Waals surface area contributed by atoms with Gasteiger partial charge in [-0.05, 0) is 23.6 Å². The van der Waals surface area contributed by atoms with Crippen molar-refractivity contribution in [2.75, 3.05) is 0 Å². The molecule has 1 aromatic carbocycles. The maximum absolute atomic E-state index is 13.2. The molecule has 0 fully saturated rings. The number of hydrogen-bond acceptors (Lipinski definition) is 3. The predicted molar refractivity (Wildman–Crippen MR) is 60.2 cm³/mol. The van der Waals surface area contributed by atoms with Crippen molar-refractivity contribution in [1.29, 1.82) is 0 Å². The molecule has 0 atom stereocenters. The molecule has 1 aromatic heterocycles. The van der Waals surface area contributed by atoms with Crippen LogP contribution in [0.3, 0.4) is 0 Å². The minimum Gasteiger partial charge on any atom is -0.298 e. The summed E-state index contributed by atoms with van der Waals surface area (Å²) in [7, 11) is 0. The average Bonchev–Trinajstić information content (AvgIpc) is 2.71. The Hall–Kier alpha value is -1.13. The minimum absolute atomic E-state index is 0.135. The molecule has 0 unspecified atom stereocenters. The molecule has 2 aromatic rings. The van der Waals surface area contributed by atoms with Crippen LogP contribution in [0.2, 0.25) is 0 Å². The van der Waals surface area contributed by atoms with Gasteiger partial charge in [-0.1, -0.05) is 23.9 Å². The number of thiophene rings is 1. The molecule has 0 amide bonds. The van der Waals surface area contributed by atoms with E-state index in [0.29, 0.717) is 11.2 Å². The van der Waals surface area contributed by atoms with Crippen molar-refractivity contribution in [1.82, 2.24) is 0 Å². The van der Waals surface area contributed by atoms with Gasteiger partial charge in [-0.25, -0.2) is 4.39 Å². The van der Waals surface area contributed by atoms with E-state index in [1.165, 1.54) is 17.8 Å². The Morgan fingerprint density at radius 3 is 2.80 bits per heavy atom. The lowest BCUT2D eigenvalue weighted by atomic mass is 10.2. The van der Waals surface area contributed by atoms with Gasteiger partial charge in [-0.3, -0.25) is 4.79 Å². The summed E-state index contributed by atoms with van der Waals surface area (Å²) in [5.74, 6) is -0.466. The smallest absolute Gasteiger partial charge is 0.154 e. The second kappa shape index (κ2) is 4.59. The number of benzene rings is 1. The molecule has 2 rings (SSSR count). The van der Waals surface area contributed by atoms with Crippen molar-refractivity contribution in [2.24, 2.45) is 0 Å². The molecule has 1 nitrogen and oxygen atoms in total. The third-order valence-corrected chi connectivity index (χ3v) is 3.95. The van der Waals surface area contributed by atoms with Crippen LogP contribution in [0.4, 0.5) is 4.39 Å². The van der Waals surface area contributed by atoms with Crippen LogP contribution in [0.5, 0.6) is 0 Å². The molecule has 1 heterocycles. The number of halogens is 1. The molecule has 0 radical (unpaired) electrons. The number of carbonyl (C=O) groups is 1. The van der Waals surface area contributed by atoms with Crippen molar-refractivity contribution in [2.45, 2.75) is 9.10 Å². The summed E-state index contributed by atoms with van der Waals surface area (Å²) >= 11 is 2.97. The summed E-state index contributed by atoms with van der Waals surface area (Å²) in [5, 5.41) is 1.95. The van der Waals surface area contributed by atoms with Gasteiger partial charge in [0.05, 0.1) is 9.77 Å². The summed E-state index contributed by atoms with van der Waals surface area (Å²) in [5.41, 5.74) is 0.135. The first kappa shape index (κ1) is 10.4. The van der Waals surface area contributed by atoms with Gasteiger partial charge in [0.25, 0.3) is 0 Å². The molecule has 0 aliphatic rings. The minimum atomic E-state index is -0.466. The van der Waals surface area contributed by atoms with E-state index in [4.69, 9.17) is 0 Å². The van der Waals surface area contributed by atoms with Gasteiger partial charge in [0.2, 0.25) is 0 Å². The van der Waals surface area contributed by atoms with Crippen LogP contribution in [0.25, 0.3) is 0 Å². The highest BCUT2D eigenvalue weighted by Crippen LogP contribution is 2.33. The maximum Gasteiger partial charge on any atom is 0.154 e. The van der Waals surface area contributed by atoms with Crippen molar-refractivity contribution < 1.29 is 9.18 Å². The fourth-order valence-electron chi connectivity index (χ4n) is 1.15. The highest BCUT2D eigenvalue weighted by atomic mass is 32.2. The fourth-order valence-corrected chi connectivity index (χ4v) is 2.99. The number of hydrogen-bond donors (Lipinski definition) is 0. The van der Waals surface area contributed by atoms with E-state index in [2.05, 4.69) is 0 Å². The highest BCUT2D eigenvalue weighted by molar-refractivity contribution is 8.01.